The Morgan fingerprint density at radius 2 is 2.00 bits per heavy atom. The lowest BCUT2D eigenvalue weighted by Gasteiger charge is -2.11. The third-order valence-corrected chi connectivity index (χ3v) is 4.64. The zero-order valence-corrected chi connectivity index (χ0v) is 14.7. The molecule has 1 aliphatic rings. The van der Waals surface area contributed by atoms with Crippen LogP contribution in [-0.2, 0) is 6.54 Å². The highest BCUT2D eigenvalue weighted by atomic mass is 35.5. The summed E-state index contributed by atoms with van der Waals surface area (Å²) in [6, 6.07) is 15.0. The van der Waals surface area contributed by atoms with Crippen molar-refractivity contribution < 1.29 is 4.79 Å². The van der Waals surface area contributed by atoms with Crippen molar-refractivity contribution in [3.8, 4) is 11.1 Å². The third kappa shape index (κ3) is 3.28. The van der Waals surface area contributed by atoms with Crippen LogP contribution in [0.15, 0.2) is 53.3 Å². The molecule has 1 aliphatic carbocycles. The molecule has 0 spiro atoms. The summed E-state index contributed by atoms with van der Waals surface area (Å²) in [6.45, 7) is 0.185. The van der Waals surface area contributed by atoms with E-state index in [1.807, 2.05) is 30.3 Å². The van der Waals surface area contributed by atoms with E-state index in [0.29, 0.717) is 16.4 Å². The van der Waals surface area contributed by atoms with Crippen molar-refractivity contribution in [2.24, 2.45) is 0 Å². The van der Waals surface area contributed by atoms with Crippen molar-refractivity contribution in [3.63, 3.8) is 0 Å². The van der Waals surface area contributed by atoms with Gasteiger partial charge in [-0.15, -0.1) is 0 Å². The lowest BCUT2D eigenvalue weighted by molar-refractivity contribution is 0.0950. The molecule has 0 aliphatic heterocycles. The van der Waals surface area contributed by atoms with Gasteiger partial charge in [-0.05, 0) is 42.2 Å². The van der Waals surface area contributed by atoms with E-state index < -0.39 is 0 Å². The molecule has 7 heteroatoms. The average Bonchev–Trinajstić information content (AvgIpc) is 3.43. The molecule has 0 bridgehead atoms. The molecule has 26 heavy (non-hydrogen) atoms. The molecule has 2 N–H and O–H groups in total. The predicted molar refractivity (Wildman–Crippen MR) is 99.2 cm³/mol. The van der Waals surface area contributed by atoms with Crippen LogP contribution in [0.25, 0.3) is 11.1 Å². The third-order valence-electron chi connectivity index (χ3n) is 4.41. The number of aromatic amines is 1. The van der Waals surface area contributed by atoms with Crippen molar-refractivity contribution in [3.05, 3.63) is 75.4 Å². The Bertz CT molecular complexity index is 1010. The minimum Gasteiger partial charge on any atom is -0.345 e. The van der Waals surface area contributed by atoms with Gasteiger partial charge < -0.3 is 5.32 Å². The first-order valence-electron chi connectivity index (χ1n) is 8.42. The van der Waals surface area contributed by atoms with Gasteiger partial charge >= 0.3 is 5.69 Å². The first-order chi connectivity index (χ1) is 12.6. The maximum atomic E-state index is 12.7. The number of aromatic nitrogens is 3. The number of hydrogen-bond donors (Lipinski definition) is 2. The molecule has 0 radical (unpaired) electrons. The monoisotopic (exact) mass is 368 g/mol. The van der Waals surface area contributed by atoms with Crippen LogP contribution >= 0.6 is 11.6 Å². The number of nitrogens with one attached hydrogen (secondary N) is 2. The highest BCUT2D eigenvalue weighted by Crippen LogP contribution is 2.34. The van der Waals surface area contributed by atoms with Gasteiger partial charge in [-0.1, -0.05) is 41.9 Å². The normalized spacial score (nSPS) is 13.6. The summed E-state index contributed by atoms with van der Waals surface area (Å²) in [4.78, 5) is 24.6. The fourth-order valence-electron chi connectivity index (χ4n) is 3.00. The van der Waals surface area contributed by atoms with E-state index in [-0.39, 0.29) is 24.2 Å². The fraction of sp³-hybridized carbons (Fsp3) is 0.211. The number of rotatable bonds is 5. The second-order valence-corrected chi connectivity index (χ2v) is 6.72. The highest BCUT2D eigenvalue weighted by Gasteiger charge is 2.28. The maximum absolute atomic E-state index is 12.7. The molecule has 1 fully saturated rings. The highest BCUT2D eigenvalue weighted by molar-refractivity contribution is 6.31. The second kappa shape index (κ2) is 6.80. The fourth-order valence-corrected chi connectivity index (χ4v) is 3.17. The molecule has 0 unspecified atom stereocenters. The summed E-state index contributed by atoms with van der Waals surface area (Å²) in [5.41, 5.74) is 1.97. The lowest BCUT2D eigenvalue weighted by atomic mass is 9.99. The minimum absolute atomic E-state index is 0.185. The number of hydrogen-bond acceptors (Lipinski definition) is 3. The largest absolute Gasteiger partial charge is 0.345 e. The van der Waals surface area contributed by atoms with Gasteiger partial charge in [0.25, 0.3) is 5.91 Å². The molecule has 3 aromatic rings. The smallest absolute Gasteiger partial charge is 0.343 e. The van der Waals surface area contributed by atoms with E-state index in [1.54, 1.807) is 22.8 Å². The molecule has 4 rings (SSSR count). The van der Waals surface area contributed by atoms with Crippen LogP contribution in [-0.4, -0.2) is 20.7 Å². The first-order valence-corrected chi connectivity index (χ1v) is 8.80. The van der Waals surface area contributed by atoms with E-state index in [4.69, 9.17) is 11.6 Å². The van der Waals surface area contributed by atoms with Crippen molar-refractivity contribution >= 4 is 17.5 Å². The van der Waals surface area contributed by atoms with Crippen molar-refractivity contribution in [2.75, 3.05) is 0 Å². The molecule has 1 saturated carbocycles. The van der Waals surface area contributed by atoms with E-state index in [9.17, 15) is 9.59 Å². The Balaban J connectivity index is 1.58. The van der Waals surface area contributed by atoms with E-state index in [0.717, 1.165) is 24.0 Å². The van der Waals surface area contributed by atoms with Gasteiger partial charge in [0.1, 0.15) is 0 Å². The summed E-state index contributed by atoms with van der Waals surface area (Å²) in [5.74, 6) is 0.305. The molecular weight excluding hydrogens is 352 g/mol. The zero-order chi connectivity index (χ0) is 18.1. The van der Waals surface area contributed by atoms with E-state index >= 15 is 0 Å². The standard InChI is InChI=1S/C19H17ClN4O2/c20-13-6-9-15(16(10-13)12-4-2-1-3-5-12)18(25)21-11-17-22-23-19(26)24(17)14-7-8-14/h1-6,9-10,14H,7-8,11H2,(H,21,25)(H,23,26). The average molecular weight is 369 g/mol. The van der Waals surface area contributed by atoms with Gasteiger partial charge in [0, 0.05) is 16.6 Å². The zero-order valence-electron chi connectivity index (χ0n) is 13.9. The quantitative estimate of drug-likeness (QED) is 0.726. The van der Waals surface area contributed by atoms with Gasteiger partial charge in [-0.2, -0.15) is 5.10 Å². The lowest BCUT2D eigenvalue weighted by Crippen LogP contribution is -2.27. The van der Waals surface area contributed by atoms with Crippen LogP contribution in [0.1, 0.15) is 35.1 Å². The molecular formula is C19H17ClN4O2. The summed E-state index contributed by atoms with van der Waals surface area (Å²) in [5, 5.41) is 9.90. The Hall–Kier alpha value is -2.86. The van der Waals surface area contributed by atoms with Gasteiger partial charge in [-0.3, -0.25) is 9.36 Å². The van der Waals surface area contributed by atoms with Crippen LogP contribution in [0, 0.1) is 0 Å². The Labute approximate surface area is 154 Å². The van der Waals surface area contributed by atoms with Crippen molar-refractivity contribution in [1.29, 1.82) is 0 Å². The number of nitrogens with zero attached hydrogens (tertiary/aromatic N) is 2. The molecule has 1 aromatic heterocycles. The number of amides is 1. The summed E-state index contributed by atoms with van der Waals surface area (Å²) < 4.78 is 1.63. The number of carbonyl (C=O) groups excluding carboxylic acids is 1. The van der Waals surface area contributed by atoms with Gasteiger partial charge in [0.15, 0.2) is 5.82 Å². The number of benzene rings is 2. The van der Waals surface area contributed by atoms with Crippen LogP contribution < -0.4 is 11.0 Å². The maximum Gasteiger partial charge on any atom is 0.343 e. The van der Waals surface area contributed by atoms with Crippen molar-refractivity contribution in [2.45, 2.75) is 25.4 Å². The van der Waals surface area contributed by atoms with Gasteiger partial charge in [-0.25, -0.2) is 9.89 Å². The van der Waals surface area contributed by atoms with Crippen LogP contribution in [0.3, 0.4) is 0 Å². The van der Waals surface area contributed by atoms with Gasteiger partial charge in [0.05, 0.1) is 6.54 Å². The SMILES string of the molecule is O=C(NCc1n[nH]c(=O)n1C1CC1)c1ccc(Cl)cc1-c1ccccc1. The number of H-pyrrole nitrogens is 1. The van der Waals surface area contributed by atoms with E-state index in [1.165, 1.54) is 0 Å². The van der Waals surface area contributed by atoms with Crippen molar-refractivity contribution in [1.82, 2.24) is 20.1 Å². The molecule has 132 valence electrons. The minimum atomic E-state index is -0.238. The molecule has 0 atom stereocenters. The number of halogens is 1. The van der Waals surface area contributed by atoms with Crippen LogP contribution in [0.2, 0.25) is 5.02 Å². The van der Waals surface area contributed by atoms with Gasteiger partial charge in [0.2, 0.25) is 0 Å². The van der Waals surface area contributed by atoms with Crippen LogP contribution in [0.5, 0.6) is 0 Å². The Morgan fingerprint density at radius 1 is 1.23 bits per heavy atom. The molecule has 1 heterocycles. The topological polar surface area (TPSA) is 79.8 Å². The summed E-state index contributed by atoms with van der Waals surface area (Å²) >= 11 is 6.13. The molecule has 6 nitrogen and oxygen atoms in total. The molecule has 0 saturated heterocycles. The summed E-state index contributed by atoms with van der Waals surface area (Å²) in [6.07, 6.45) is 1.94. The van der Waals surface area contributed by atoms with E-state index in [2.05, 4.69) is 15.5 Å². The first kappa shape index (κ1) is 16.6. The Kier molecular flexibility index (Phi) is 4.34. The Morgan fingerprint density at radius 3 is 2.73 bits per heavy atom. The predicted octanol–water partition coefficient (Wildman–Crippen LogP) is 3.16. The molecule has 1 amide bonds. The molecule has 2 aromatic carbocycles. The second-order valence-electron chi connectivity index (χ2n) is 6.28. The summed E-state index contributed by atoms with van der Waals surface area (Å²) in [7, 11) is 0. The van der Waals surface area contributed by atoms with Crippen LogP contribution in [0.4, 0.5) is 0 Å². The number of carbonyl (C=O) groups is 1.